The van der Waals surface area contributed by atoms with Gasteiger partial charge in [-0.2, -0.15) is 5.10 Å². The average molecular weight is 388 g/mol. The highest BCUT2D eigenvalue weighted by molar-refractivity contribution is 7.20. The van der Waals surface area contributed by atoms with E-state index in [-0.39, 0.29) is 6.61 Å². The number of ether oxygens (including phenoxy) is 1. The molecule has 6 nitrogen and oxygen atoms in total. The molecule has 0 unspecified atom stereocenters. The molecule has 0 aliphatic rings. The second kappa shape index (κ2) is 6.59. The minimum atomic E-state index is -0.401. The minimum Gasteiger partial charge on any atom is -0.453 e. The number of hydrogen-bond donors (Lipinski definition) is 0. The van der Waals surface area contributed by atoms with Gasteiger partial charge in [-0.1, -0.05) is 16.8 Å². The summed E-state index contributed by atoms with van der Waals surface area (Å²) in [6.07, 6.45) is 0. The molecule has 0 aliphatic carbocycles. The van der Waals surface area contributed by atoms with Crippen molar-refractivity contribution in [1.82, 2.24) is 14.9 Å². The number of hydrogen-bond acceptors (Lipinski definition) is 6. The third kappa shape index (κ3) is 3.11. The van der Waals surface area contributed by atoms with E-state index in [1.807, 2.05) is 48.9 Å². The van der Waals surface area contributed by atoms with Gasteiger partial charge in [0.2, 0.25) is 0 Å². The molecule has 3 heterocycles. The second-order valence-electron chi connectivity index (χ2n) is 5.81. The van der Waals surface area contributed by atoms with Gasteiger partial charge in [-0.3, -0.25) is 0 Å². The van der Waals surface area contributed by atoms with Crippen LogP contribution in [0.1, 0.15) is 26.8 Å². The lowest BCUT2D eigenvalue weighted by Gasteiger charge is -2.02. The maximum absolute atomic E-state index is 12.4. The molecule has 4 rings (SSSR count). The number of thiophene rings is 1. The van der Waals surface area contributed by atoms with E-state index in [4.69, 9.17) is 20.9 Å². The number of carbonyl (C=O) groups is 1. The molecular formula is C18H14ClN3O3S. The fourth-order valence-corrected chi connectivity index (χ4v) is 3.80. The first-order chi connectivity index (χ1) is 12.5. The zero-order valence-corrected chi connectivity index (χ0v) is 15.6. The van der Waals surface area contributed by atoms with Crippen LogP contribution in [0.3, 0.4) is 0 Å². The first kappa shape index (κ1) is 16.8. The summed E-state index contributed by atoms with van der Waals surface area (Å²) in [5.41, 5.74) is 2.47. The molecule has 0 bridgehead atoms. The standard InChI is InChI=1S/C18H14ClN3O3S/c1-10-7-14(25-21-10)9-24-18(23)16-8-15-11(2)20-22(17(15)26-16)13-5-3-12(19)4-6-13/h3-8H,9H2,1-2H3. The molecule has 0 atom stereocenters. The van der Waals surface area contributed by atoms with Crippen molar-refractivity contribution in [2.24, 2.45) is 0 Å². The number of nitrogens with zero attached hydrogens (tertiary/aromatic N) is 3. The van der Waals surface area contributed by atoms with E-state index in [0.717, 1.165) is 27.3 Å². The summed E-state index contributed by atoms with van der Waals surface area (Å²) in [5.74, 6) is 0.114. The van der Waals surface area contributed by atoms with E-state index in [1.54, 1.807) is 6.07 Å². The first-order valence-corrected chi connectivity index (χ1v) is 9.05. The lowest BCUT2D eigenvalue weighted by Crippen LogP contribution is -2.02. The minimum absolute atomic E-state index is 0.0518. The largest absolute Gasteiger partial charge is 0.453 e. The molecule has 26 heavy (non-hydrogen) atoms. The molecule has 0 radical (unpaired) electrons. The Hall–Kier alpha value is -2.64. The second-order valence-corrected chi connectivity index (χ2v) is 7.28. The van der Waals surface area contributed by atoms with Crippen LogP contribution >= 0.6 is 22.9 Å². The third-order valence-electron chi connectivity index (χ3n) is 3.84. The fraction of sp³-hybridized carbons (Fsp3) is 0.167. The van der Waals surface area contributed by atoms with E-state index >= 15 is 0 Å². The zero-order valence-electron chi connectivity index (χ0n) is 14.0. The van der Waals surface area contributed by atoms with Gasteiger partial charge in [0, 0.05) is 16.5 Å². The van der Waals surface area contributed by atoms with Gasteiger partial charge < -0.3 is 9.26 Å². The third-order valence-corrected chi connectivity index (χ3v) is 5.18. The van der Waals surface area contributed by atoms with E-state index in [0.29, 0.717) is 15.7 Å². The van der Waals surface area contributed by atoms with Gasteiger partial charge >= 0.3 is 5.97 Å². The van der Waals surface area contributed by atoms with Crippen molar-refractivity contribution in [3.05, 3.63) is 63.4 Å². The number of rotatable bonds is 4. The molecule has 132 valence electrons. The SMILES string of the molecule is Cc1cc(COC(=O)c2cc3c(C)nn(-c4ccc(Cl)cc4)c3s2)on1. The van der Waals surface area contributed by atoms with Crippen LogP contribution in [0.4, 0.5) is 0 Å². The van der Waals surface area contributed by atoms with Crippen molar-refractivity contribution in [2.75, 3.05) is 0 Å². The monoisotopic (exact) mass is 387 g/mol. The lowest BCUT2D eigenvalue weighted by molar-refractivity contribution is 0.0443. The van der Waals surface area contributed by atoms with Crippen LogP contribution in [-0.2, 0) is 11.3 Å². The maximum atomic E-state index is 12.4. The van der Waals surface area contributed by atoms with E-state index < -0.39 is 5.97 Å². The van der Waals surface area contributed by atoms with Crippen molar-refractivity contribution < 1.29 is 14.1 Å². The Bertz CT molecular complexity index is 1090. The van der Waals surface area contributed by atoms with Crippen molar-refractivity contribution in [3.8, 4) is 5.69 Å². The zero-order chi connectivity index (χ0) is 18.3. The molecular weight excluding hydrogens is 374 g/mol. The molecule has 1 aromatic carbocycles. The highest BCUT2D eigenvalue weighted by Crippen LogP contribution is 2.31. The van der Waals surface area contributed by atoms with Gasteiger partial charge in [0.15, 0.2) is 12.4 Å². The lowest BCUT2D eigenvalue weighted by atomic mass is 10.3. The molecule has 0 spiro atoms. The molecule has 0 fully saturated rings. The van der Waals surface area contributed by atoms with E-state index in [2.05, 4.69) is 10.3 Å². The Kier molecular flexibility index (Phi) is 4.26. The summed E-state index contributed by atoms with van der Waals surface area (Å²) < 4.78 is 12.2. The fourth-order valence-electron chi connectivity index (χ4n) is 2.60. The summed E-state index contributed by atoms with van der Waals surface area (Å²) in [4.78, 5) is 13.8. The Morgan fingerprint density at radius 2 is 2.04 bits per heavy atom. The predicted octanol–water partition coefficient (Wildman–Crippen LogP) is 4.70. The van der Waals surface area contributed by atoms with Crippen molar-refractivity contribution in [3.63, 3.8) is 0 Å². The van der Waals surface area contributed by atoms with Crippen LogP contribution in [0.15, 0.2) is 40.9 Å². The van der Waals surface area contributed by atoms with Crippen LogP contribution in [0, 0.1) is 13.8 Å². The molecule has 8 heteroatoms. The first-order valence-electron chi connectivity index (χ1n) is 7.85. The highest BCUT2D eigenvalue weighted by Gasteiger charge is 2.18. The number of benzene rings is 1. The van der Waals surface area contributed by atoms with Crippen molar-refractivity contribution >= 4 is 39.1 Å². The van der Waals surface area contributed by atoms with Gasteiger partial charge in [0.25, 0.3) is 0 Å². The van der Waals surface area contributed by atoms with E-state index in [1.165, 1.54) is 11.3 Å². The summed E-state index contributed by atoms with van der Waals surface area (Å²) in [7, 11) is 0. The number of esters is 1. The predicted molar refractivity (Wildman–Crippen MR) is 99.1 cm³/mol. The number of halogens is 1. The van der Waals surface area contributed by atoms with Crippen LogP contribution in [0.2, 0.25) is 5.02 Å². The Balaban J connectivity index is 1.61. The van der Waals surface area contributed by atoms with Crippen LogP contribution in [0.5, 0.6) is 0 Å². The molecule has 0 saturated carbocycles. The van der Waals surface area contributed by atoms with Crippen molar-refractivity contribution in [1.29, 1.82) is 0 Å². The molecule has 0 aliphatic heterocycles. The topological polar surface area (TPSA) is 70.2 Å². The average Bonchev–Trinajstić information content (AvgIpc) is 3.31. The normalized spacial score (nSPS) is 11.2. The van der Waals surface area contributed by atoms with Gasteiger partial charge in [0.1, 0.15) is 9.71 Å². The van der Waals surface area contributed by atoms with Gasteiger partial charge in [-0.05, 0) is 44.2 Å². The number of fused-ring (bicyclic) bond motifs is 1. The quantitative estimate of drug-likeness (QED) is 0.474. The van der Waals surface area contributed by atoms with Crippen LogP contribution in [-0.4, -0.2) is 20.9 Å². The Morgan fingerprint density at radius 1 is 1.27 bits per heavy atom. The summed E-state index contributed by atoms with van der Waals surface area (Å²) in [5, 5.41) is 9.91. The molecule has 0 N–H and O–H groups in total. The van der Waals surface area contributed by atoms with Gasteiger partial charge in [-0.15, -0.1) is 11.3 Å². The van der Waals surface area contributed by atoms with Gasteiger partial charge in [-0.25, -0.2) is 9.48 Å². The molecule has 3 aromatic heterocycles. The van der Waals surface area contributed by atoms with Gasteiger partial charge in [0.05, 0.1) is 17.1 Å². The molecule has 0 amide bonds. The smallest absolute Gasteiger partial charge is 0.348 e. The Labute approximate surface area is 157 Å². The summed E-state index contributed by atoms with van der Waals surface area (Å²) in [6.45, 7) is 3.77. The highest BCUT2D eigenvalue weighted by atomic mass is 35.5. The number of aryl methyl sites for hydroxylation is 2. The molecule has 4 aromatic rings. The van der Waals surface area contributed by atoms with Crippen LogP contribution in [0.25, 0.3) is 15.9 Å². The molecule has 0 saturated heterocycles. The van der Waals surface area contributed by atoms with Crippen molar-refractivity contribution in [2.45, 2.75) is 20.5 Å². The maximum Gasteiger partial charge on any atom is 0.348 e. The number of carbonyl (C=O) groups excluding carboxylic acids is 1. The Morgan fingerprint density at radius 3 is 2.73 bits per heavy atom. The summed E-state index contributed by atoms with van der Waals surface area (Å²) >= 11 is 7.29. The summed E-state index contributed by atoms with van der Waals surface area (Å²) in [6, 6.07) is 10.9. The van der Waals surface area contributed by atoms with E-state index in [9.17, 15) is 4.79 Å². The number of aromatic nitrogens is 3. The van der Waals surface area contributed by atoms with Crippen LogP contribution < -0.4 is 0 Å².